The number of rotatable bonds is 3. The van der Waals surface area contributed by atoms with Gasteiger partial charge in [-0.05, 0) is 14.0 Å². The van der Waals surface area contributed by atoms with Crippen LogP contribution in [0.25, 0.3) is 0 Å². The number of halogens is 1. The first-order chi connectivity index (χ1) is 4.09. The first kappa shape index (κ1) is 9.16. The summed E-state index contributed by atoms with van der Waals surface area (Å²) in [6.45, 7) is 1.92. The van der Waals surface area contributed by atoms with Gasteiger partial charge in [0.15, 0.2) is 0 Å². The van der Waals surface area contributed by atoms with Crippen molar-refractivity contribution in [2.45, 2.75) is 16.9 Å². The largest absolute Gasteiger partial charge is 0.369 e. The average molecular weight is 242 g/mol. The lowest BCUT2D eigenvalue weighted by Gasteiger charge is -2.13. The van der Waals surface area contributed by atoms with Crippen molar-refractivity contribution < 1.29 is 4.79 Å². The summed E-state index contributed by atoms with van der Waals surface area (Å²) in [4.78, 5) is 10.5. The van der Waals surface area contributed by atoms with Crippen LogP contribution in [0.3, 0.4) is 0 Å². The smallest absolute Gasteiger partial charge is 0.231 e. The molecule has 3 nitrogen and oxygen atoms in total. The predicted molar refractivity (Wildman–Crippen MR) is 45.5 cm³/mol. The Bertz CT molecular complexity index is 107. The Labute approximate surface area is 68.5 Å². The van der Waals surface area contributed by atoms with Crippen molar-refractivity contribution >= 4 is 28.5 Å². The Kier molecular flexibility index (Phi) is 4.12. The van der Waals surface area contributed by atoms with Crippen molar-refractivity contribution in [2.24, 2.45) is 5.73 Å². The fourth-order valence-corrected chi connectivity index (χ4v) is 0.752. The van der Waals surface area contributed by atoms with Gasteiger partial charge in [0.2, 0.25) is 5.91 Å². The highest BCUT2D eigenvalue weighted by Gasteiger charge is 2.16. The van der Waals surface area contributed by atoms with Crippen LogP contribution < -0.4 is 11.1 Å². The van der Waals surface area contributed by atoms with Crippen LogP contribution in [0.4, 0.5) is 0 Å². The van der Waals surface area contributed by atoms with Gasteiger partial charge in [-0.15, -0.1) is 0 Å². The zero-order valence-corrected chi connectivity index (χ0v) is 7.68. The molecule has 0 saturated carbocycles. The van der Waals surface area contributed by atoms with Crippen LogP contribution in [0.1, 0.15) is 6.92 Å². The number of hydrogen-bond donors (Lipinski definition) is 2. The predicted octanol–water partition coefficient (Wildman–Crippen LogP) is -0.117. The minimum absolute atomic E-state index is 0.118. The molecule has 54 valence electrons. The average Bonchev–Trinajstić information content (AvgIpc) is 1.84. The van der Waals surface area contributed by atoms with Gasteiger partial charge in [0.25, 0.3) is 0 Å². The Balaban J connectivity index is 3.72. The van der Waals surface area contributed by atoms with E-state index < -0.39 is 0 Å². The molecule has 0 aromatic rings. The van der Waals surface area contributed by atoms with Gasteiger partial charge >= 0.3 is 0 Å². The van der Waals surface area contributed by atoms with E-state index in [-0.39, 0.29) is 15.9 Å². The van der Waals surface area contributed by atoms with Crippen LogP contribution in [0, 0.1) is 0 Å². The van der Waals surface area contributed by atoms with E-state index in [2.05, 4.69) is 5.32 Å². The molecule has 0 aliphatic carbocycles. The van der Waals surface area contributed by atoms with E-state index in [9.17, 15) is 4.79 Å². The summed E-state index contributed by atoms with van der Waals surface area (Å²) in [6, 6.07) is 0.156. The highest BCUT2D eigenvalue weighted by atomic mass is 127. The van der Waals surface area contributed by atoms with Crippen LogP contribution in [-0.2, 0) is 4.79 Å². The number of carbonyl (C=O) groups excluding carboxylic acids is 1. The molecule has 0 aliphatic heterocycles. The van der Waals surface area contributed by atoms with E-state index in [1.807, 2.05) is 29.5 Å². The summed E-state index contributed by atoms with van der Waals surface area (Å²) in [5, 5.41) is 2.94. The third-order valence-corrected chi connectivity index (χ3v) is 2.86. The Morgan fingerprint density at radius 2 is 2.22 bits per heavy atom. The second-order valence-corrected chi connectivity index (χ2v) is 3.22. The third kappa shape index (κ3) is 3.00. The molecule has 1 amide bonds. The Morgan fingerprint density at radius 1 is 1.78 bits per heavy atom. The molecular weight excluding hydrogens is 231 g/mol. The van der Waals surface area contributed by atoms with Crippen LogP contribution in [0.5, 0.6) is 0 Å². The summed E-state index contributed by atoms with van der Waals surface area (Å²) in [5.74, 6) is -0.266. The lowest BCUT2D eigenvalue weighted by atomic mass is 10.2. The fourth-order valence-electron chi connectivity index (χ4n) is 0.393. The summed E-state index contributed by atoms with van der Waals surface area (Å²) < 4.78 is -0.118. The maximum Gasteiger partial charge on any atom is 0.231 e. The minimum Gasteiger partial charge on any atom is -0.369 e. The van der Waals surface area contributed by atoms with Crippen molar-refractivity contribution in [3.05, 3.63) is 0 Å². The highest BCUT2D eigenvalue weighted by molar-refractivity contribution is 14.1. The van der Waals surface area contributed by atoms with Crippen molar-refractivity contribution in [3.8, 4) is 0 Å². The van der Waals surface area contributed by atoms with Crippen molar-refractivity contribution in [1.29, 1.82) is 0 Å². The Morgan fingerprint density at radius 3 is 2.33 bits per heavy atom. The molecule has 0 bridgehead atoms. The standard InChI is InChI=1S/C5H11IN2O/c1-3(8-2)4(6)5(7)9/h3-4,8H,1-2H3,(H2,7,9). The molecule has 0 fully saturated rings. The number of nitrogens with two attached hydrogens (primary N) is 1. The molecule has 0 aromatic carbocycles. The van der Waals surface area contributed by atoms with E-state index >= 15 is 0 Å². The van der Waals surface area contributed by atoms with Crippen molar-refractivity contribution in [2.75, 3.05) is 7.05 Å². The first-order valence-electron chi connectivity index (χ1n) is 2.70. The van der Waals surface area contributed by atoms with Crippen LogP contribution in [0.2, 0.25) is 0 Å². The molecule has 3 N–H and O–H groups in total. The third-order valence-electron chi connectivity index (χ3n) is 1.17. The van der Waals surface area contributed by atoms with Crippen LogP contribution in [-0.4, -0.2) is 22.9 Å². The molecule has 0 rings (SSSR count). The number of nitrogens with one attached hydrogen (secondary N) is 1. The van der Waals surface area contributed by atoms with E-state index in [4.69, 9.17) is 5.73 Å². The molecule has 2 atom stereocenters. The maximum atomic E-state index is 10.5. The minimum atomic E-state index is -0.266. The quantitative estimate of drug-likeness (QED) is 0.535. The molecular formula is C5H11IN2O. The van der Waals surface area contributed by atoms with Crippen LogP contribution >= 0.6 is 22.6 Å². The van der Waals surface area contributed by atoms with Crippen molar-refractivity contribution in [1.82, 2.24) is 5.32 Å². The molecule has 0 spiro atoms. The topological polar surface area (TPSA) is 55.1 Å². The summed E-state index contributed by atoms with van der Waals surface area (Å²) in [7, 11) is 1.80. The monoisotopic (exact) mass is 242 g/mol. The van der Waals surface area contributed by atoms with E-state index in [0.29, 0.717) is 0 Å². The molecule has 0 aromatic heterocycles. The van der Waals surface area contributed by atoms with Gasteiger partial charge in [0.1, 0.15) is 3.92 Å². The van der Waals surface area contributed by atoms with E-state index in [1.165, 1.54) is 0 Å². The fraction of sp³-hybridized carbons (Fsp3) is 0.800. The SMILES string of the molecule is CNC(C)C(I)C(N)=O. The van der Waals surface area contributed by atoms with Crippen LogP contribution in [0.15, 0.2) is 0 Å². The molecule has 2 unspecified atom stereocenters. The van der Waals surface area contributed by atoms with Gasteiger partial charge < -0.3 is 11.1 Å². The summed E-state index contributed by atoms with van der Waals surface area (Å²) in [5.41, 5.74) is 5.03. The van der Waals surface area contributed by atoms with E-state index in [1.54, 1.807) is 7.05 Å². The first-order valence-corrected chi connectivity index (χ1v) is 3.94. The number of hydrogen-bond acceptors (Lipinski definition) is 2. The van der Waals surface area contributed by atoms with E-state index in [0.717, 1.165) is 0 Å². The van der Waals surface area contributed by atoms with Crippen molar-refractivity contribution in [3.63, 3.8) is 0 Å². The molecule has 0 heterocycles. The number of carbonyl (C=O) groups is 1. The second-order valence-electron chi connectivity index (χ2n) is 1.88. The van der Waals surface area contributed by atoms with Gasteiger partial charge in [-0.2, -0.15) is 0 Å². The number of primary amides is 1. The summed E-state index contributed by atoms with van der Waals surface area (Å²) >= 11 is 2.02. The normalized spacial score (nSPS) is 16.8. The lowest BCUT2D eigenvalue weighted by Crippen LogP contribution is -2.39. The zero-order valence-electron chi connectivity index (χ0n) is 5.52. The zero-order chi connectivity index (χ0) is 7.44. The molecule has 4 heteroatoms. The molecule has 0 aliphatic rings. The van der Waals surface area contributed by atoms with Gasteiger partial charge in [-0.25, -0.2) is 0 Å². The molecule has 0 radical (unpaired) electrons. The Hall–Kier alpha value is 0.160. The number of amides is 1. The van der Waals surface area contributed by atoms with Gasteiger partial charge in [-0.1, -0.05) is 22.6 Å². The summed E-state index contributed by atoms with van der Waals surface area (Å²) in [6.07, 6.45) is 0. The van der Waals surface area contributed by atoms with Gasteiger partial charge in [-0.3, -0.25) is 4.79 Å². The second kappa shape index (κ2) is 4.05. The molecule has 0 saturated heterocycles. The van der Waals surface area contributed by atoms with Gasteiger partial charge in [0, 0.05) is 6.04 Å². The number of alkyl halides is 1. The maximum absolute atomic E-state index is 10.5. The lowest BCUT2D eigenvalue weighted by molar-refractivity contribution is -0.117. The highest BCUT2D eigenvalue weighted by Crippen LogP contribution is 2.03. The molecule has 9 heavy (non-hydrogen) atoms. The van der Waals surface area contributed by atoms with Gasteiger partial charge in [0.05, 0.1) is 0 Å².